The Kier molecular flexibility index (Phi) is 5.01. The summed E-state index contributed by atoms with van der Waals surface area (Å²) < 4.78 is 5.11. The van der Waals surface area contributed by atoms with Crippen molar-refractivity contribution in [3.8, 4) is 5.75 Å². The fourth-order valence-electron chi connectivity index (χ4n) is 2.68. The lowest BCUT2D eigenvalue weighted by molar-refractivity contribution is -0.919. The molecule has 110 valence electrons. The summed E-state index contributed by atoms with van der Waals surface area (Å²) >= 11 is 0. The van der Waals surface area contributed by atoms with Crippen molar-refractivity contribution in [3.63, 3.8) is 0 Å². The number of hydrogen-bond donors (Lipinski definition) is 2. The minimum atomic E-state index is 0.00426. The van der Waals surface area contributed by atoms with E-state index in [2.05, 4.69) is 12.2 Å². The van der Waals surface area contributed by atoms with Gasteiger partial charge in [-0.3, -0.25) is 4.79 Å². The second-order valence-electron chi connectivity index (χ2n) is 5.78. The number of nitrogens with one attached hydrogen (secondary N) is 2. The smallest absolute Gasteiger partial charge is 0.282 e. The summed E-state index contributed by atoms with van der Waals surface area (Å²) in [7, 11) is 1.64. The van der Waals surface area contributed by atoms with E-state index in [0.717, 1.165) is 30.4 Å². The number of hydrogen-bond acceptors (Lipinski definition) is 2. The van der Waals surface area contributed by atoms with Crippen LogP contribution in [0.5, 0.6) is 5.75 Å². The molecule has 1 aliphatic rings. The zero-order valence-corrected chi connectivity index (χ0v) is 12.6. The van der Waals surface area contributed by atoms with Crippen LogP contribution < -0.4 is 15.0 Å². The number of piperidine rings is 1. The lowest BCUT2D eigenvalue weighted by atomic mass is 9.98. The number of carbonyl (C=O) groups excluding carboxylic acids is 1. The van der Waals surface area contributed by atoms with Crippen LogP contribution in [-0.4, -0.2) is 32.1 Å². The van der Waals surface area contributed by atoms with Gasteiger partial charge in [-0.15, -0.1) is 0 Å². The molecule has 1 atom stereocenters. The Bertz CT molecular complexity index is 436. The predicted octanol–water partition coefficient (Wildman–Crippen LogP) is 1.34. The first-order valence-corrected chi connectivity index (χ1v) is 7.39. The third kappa shape index (κ3) is 3.73. The summed E-state index contributed by atoms with van der Waals surface area (Å²) in [5, 5.41) is 2.99. The molecule has 0 radical (unpaired) electrons. The number of likely N-dealkylation sites (tertiary alicyclic amines) is 1. The van der Waals surface area contributed by atoms with Crippen molar-refractivity contribution in [3.05, 3.63) is 24.3 Å². The van der Waals surface area contributed by atoms with Crippen molar-refractivity contribution in [2.75, 3.05) is 25.5 Å². The molecule has 1 saturated heterocycles. The Labute approximate surface area is 121 Å². The summed E-state index contributed by atoms with van der Waals surface area (Å²) in [5.74, 6) is 1.70. The lowest BCUT2D eigenvalue weighted by Gasteiger charge is -2.31. The second-order valence-corrected chi connectivity index (χ2v) is 5.78. The van der Waals surface area contributed by atoms with E-state index in [1.807, 2.05) is 31.2 Å². The van der Waals surface area contributed by atoms with Crippen LogP contribution >= 0.6 is 0 Å². The predicted molar refractivity (Wildman–Crippen MR) is 80.2 cm³/mol. The summed E-state index contributed by atoms with van der Waals surface area (Å²) in [4.78, 5) is 13.7. The first kappa shape index (κ1) is 14.9. The minimum Gasteiger partial charge on any atom is -0.497 e. The molecule has 2 rings (SSSR count). The van der Waals surface area contributed by atoms with Gasteiger partial charge in [-0.2, -0.15) is 0 Å². The van der Waals surface area contributed by atoms with E-state index in [1.54, 1.807) is 7.11 Å². The fourth-order valence-corrected chi connectivity index (χ4v) is 2.68. The molecule has 0 aromatic heterocycles. The average Bonchev–Trinajstić information content (AvgIpc) is 2.48. The van der Waals surface area contributed by atoms with E-state index in [1.165, 1.54) is 17.7 Å². The number of amides is 1. The first-order valence-electron chi connectivity index (χ1n) is 7.39. The molecule has 1 aliphatic heterocycles. The van der Waals surface area contributed by atoms with E-state index >= 15 is 0 Å². The van der Waals surface area contributed by atoms with E-state index in [9.17, 15) is 4.79 Å². The zero-order chi connectivity index (χ0) is 14.5. The van der Waals surface area contributed by atoms with Crippen LogP contribution in [0.15, 0.2) is 24.3 Å². The summed E-state index contributed by atoms with van der Waals surface area (Å²) in [6, 6.07) is 7.46. The van der Waals surface area contributed by atoms with Gasteiger partial charge in [0.05, 0.1) is 20.2 Å². The Morgan fingerprint density at radius 3 is 2.45 bits per heavy atom. The molecule has 2 N–H and O–H groups in total. The van der Waals surface area contributed by atoms with Gasteiger partial charge < -0.3 is 15.0 Å². The van der Waals surface area contributed by atoms with E-state index < -0.39 is 0 Å². The lowest BCUT2D eigenvalue weighted by Crippen LogP contribution is -3.17. The Morgan fingerprint density at radius 2 is 1.90 bits per heavy atom. The highest BCUT2D eigenvalue weighted by Gasteiger charge is 2.28. The van der Waals surface area contributed by atoms with Gasteiger partial charge in [0.2, 0.25) is 0 Å². The maximum atomic E-state index is 12.3. The van der Waals surface area contributed by atoms with Crippen LogP contribution in [0.4, 0.5) is 5.69 Å². The molecule has 1 amide bonds. The number of rotatable bonds is 4. The maximum absolute atomic E-state index is 12.3. The highest BCUT2D eigenvalue weighted by Crippen LogP contribution is 2.15. The molecular formula is C16H25N2O2+. The van der Waals surface area contributed by atoms with Gasteiger partial charge in [-0.25, -0.2) is 0 Å². The van der Waals surface area contributed by atoms with E-state index in [-0.39, 0.29) is 11.9 Å². The maximum Gasteiger partial charge on any atom is 0.282 e. The Hall–Kier alpha value is -1.55. The van der Waals surface area contributed by atoms with Crippen LogP contribution in [0.2, 0.25) is 0 Å². The van der Waals surface area contributed by atoms with Gasteiger partial charge in [0.25, 0.3) is 5.91 Å². The zero-order valence-electron chi connectivity index (χ0n) is 12.6. The van der Waals surface area contributed by atoms with Gasteiger partial charge in [-0.1, -0.05) is 6.92 Å². The van der Waals surface area contributed by atoms with Crippen molar-refractivity contribution >= 4 is 11.6 Å². The number of quaternary nitrogens is 1. The molecule has 0 unspecified atom stereocenters. The number of ether oxygens (including phenoxy) is 1. The molecule has 0 aliphatic carbocycles. The van der Waals surface area contributed by atoms with Crippen molar-refractivity contribution in [2.45, 2.75) is 32.7 Å². The number of benzene rings is 1. The molecule has 0 spiro atoms. The largest absolute Gasteiger partial charge is 0.497 e. The van der Waals surface area contributed by atoms with Crippen LogP contribution in [0, 0.1) is 5.92 Å². The Balaban J connectivity index is 1.89. The van der Waals surface area contributed by atoms with Gasteiger partial charge in [0.1, 0.15) is 5.75 Å². The third-order valence-electron chi connectivity index (χ3n) is 4.28. The Morgan fingerprint density at radius 1 is 1.30 bits per heavy atom. The average molecular weight is 277 g/mol. The van der Waals surface area contributed by atoms with Gasteiger partial charge >= 0.3 is 0 Å². The van der Waals surface area contributed by atoms with Crippen LogP contribution in [0.25, 0.3) is 0 Å². The second kappa shape index (κ2) is 6.75. The van der Waals surface area contributed by atoms with Gasteiger partial charge in [0.15, 0.2) is 6.04 Å². The highest BCUT2D eigenvalue weighted by molar-refractivity contribution is 5.93. The van der Waals surface area contributed by atoms with Crippen LogP contribution in [0.3, 0.4) is 0 Å². The molecule has 20 heavy (non-hydrogen) atoms. The molecule has 1 heterocycles. The molecule has 1 aromatic rings. The quantitative estimate of drug-likeness (QED) is 0.872. The van der Waals surface area contributed by atoms with Crippen molar-refractivity contribution in [1.82, 2.24) is 0 Å². The molecule has 4 heteroatoms. The monoisotopic (exact) mass is 277 g/mol. The summed E-state index contributed by atoms with van der Waals surface area (Å²) in [5.41, 5.74) is 0.826. The number of carbonyl (C=O) groups is 1. The normalized spacial score (nSPS) is 23.9. The standard InChI is InChI=1S/C16H24N2O2/c1-12-8-10-18(11-9-12)13(2)16(19)17-14-4-6-15(20-3)7-5-14/h4-7,12-13H,8-11H2,1-3H3,(H,17,19)/p+1/t13-/m0/s1. The minimum absolute atomic E-state index is 0.00426. The van der Waals surface area contributed by atoms with Crippen molar-refractivity contribution in [2.24, 2.45) is 5.92 Å². The summed E-state index contributed by atoms with van der Waals surface area (Å²) in [6.07, 6.45) is 2.44. The number of anilines is 1. The van der Waals surface area contributed by atoms with Gasteiger partial charge in [-0.05, 0) is 49.9 Å². The van der Waals surface area contributed by atoms with E-state index in [4.69, 9.17) is 4.74 Å². The van der Waals surface area contributed by atoms with Crippen molar-refractivity contribution < 1.29 is 14.4 Å². The number of methoxy groups -OCH3 is 1. The third-order valence-corrected chi connectivity index (χ3v) is 4.28. The molecule has 1 fully saturated rings. The SMILES string of the molecule is COc1ccc(NC(=O)[C@H](C)[NH+]2CCC(C)CC2)cc1. The molecule has 0 bridgehead atoms. The fraction of sp³-hybridized carbons (Fsp3) is 0.562. The van der Waals surface area contributed by atoms with E-state index in [0.29, 0.717) is 0 Å². The molecule has 0 saturated carbocycles. The topological polar surface area (TPSA) is 42.8 Å². The summed E-state index contributed by atoms with van der Waals surface area (Å²) in [6.45, 7) is 6.50. The van der Waals surface area contributed by atoms with Gasteiger partial charge in [0, 0.05) is 5.69 Å². The van der Waals surface area contributed by atoms with Crippen LogP contribution in [0.1, 0.15) is 26.7 Å². The first-order chi connectivity index (χ1) is 9.60. The van der Waals surface area contributed by atoms with Crippen molar-refractivity contribution in [1.29, 1.82) is 0 Å². The molecule has 4 nitrogen and oxygen atoms in total. The molecular weight excluding hydrogens is 252 g/mol. The van der Waals surface area contributed by atoms with Crippen LogP contribution in [-0.2, 0) is 4.79 Å². The highest BCUT2D eigenvalue weighted by atomic mass is 16.5. The molecule has 1 aromatic carbocycles.